The third kappa shape index (κ3) is 2.17. The summed E-state index contributed by atoms with van der Waals surface area (Å²) in [5, 5.41) is 0. The van der Waals surface area contributed by atoms with Crippen molar-refractivity contribution < 1.29 is 4.79 Å². The first kappa shape index (κ1) is 13.8. The first-order valence-corrected chi connectivity index (χ1v) is 7.43. The maximum Gasteiger partial charge on any atom is 0.130 e. The summed E-state index contributed by atoms with van der Waals surface area (Å²) in [6.45, 7) is 11.3. The van der Waals surface area contributed by atoms with Crippen LogP contribution in [0.5, 0.6) is 0 Å². The molecule has 102 valence electrons. The molecular weight excluding hydrogens is 220 g/mol. The molecule has 0 saturated heterocycles. The first-order valence-electron chi connectivity index (χ1n) is 7.43. The largest absolute Gasteiger partial charge is 0.300 e. The van der Waals surface area contributed by atoms with Crippen molar-refractivity contribution in [2.45, 2.75) is 66.7 Å². The van der Waals surface area contributed by atoms with Gasteiger partial charge in [0, 0.05) is 6.42 Å². The highest BCUT2D eigenvalue weighted by atomic mass is 16.1. The van der Waals surface area contributed by atoms with Crippen LogP contribution < -0.4 is 0 Å². The Morgan fingerprint density at radius 3 is 2.61 bits per heavy atom. The minimum atomic E-state index is 0.340. The van der Waals surface area contributed by atoms with E-state index < -0.39 is 0 Å². The molecule has 1 saturated carbocycles. The third-order valence-electron chi connectivity index (χ3n) is 5.79. The molecule has 3 atom stereocenters. The van der Waals surface area contributed by atoms with Crippen LogP contribution in [0.2, 0.25) is 0 Å². The lowest BCUT2D eigenvalue weighted by Gasteiger charge is -2.56. The number of fused-ring (bicyclic) bond motifs is 1. The molecule has 0 aromatic rings. The van der Waals surface area contributed by atoms with Crippen LogP contribution in [0, 0.1) is 22.7 Å². The summed E-state index contributed by atoms with van der Waals surface area (Å²) in [6, 6.07) is 0. The predicted octanol–water partition coefficient (Wildman–Crippen LogP) is 4.76. The molecule has 2 aliphatic rings. The Morgan fingerprint density at radius 2 is 2.00 bits per heavy atom. The third-order valence-corrected chi connectivity index (χ3v) is 5.79. The quantitative estimate of drug-likeness (QED) is 0.644. The second kappa shape index (κ2) is 4.51. The Kier molecular flexibility index (Phi) is 3.46. The fraction of sp³-hybridized carbons (Fsp3) is 0.824. The molecule has 0 radical (unpaired) electrons. The summed E-state index contributed by atoms with van der Waals surface area (Å²) in [4.78, 5) is 11.6. The molecule has 0 heterocycles. The van der Waals surface area contributed by atoms with Gasteiger partial charge in [0.1, 0.15) is 5.78 Å². The molecule has 1 nitrogen and oxygen atoms in total. The predicted molar refractivity (Wildman–Crippen MR) is 76.4 cm³/mol. The van der Waals surface area contributed by atoms with E-state index in [2.05, 4.69) is 33.8 Å². The van der Waals surface area contributed by atoms with Gasteiger partial charge in [-0.25, -0.2) is 0 Å². The van der Waals surface area contributed by atoms with Gasteiger partial charge in [0.15, 0.2) is 0 Å². The van der Waals surface area contributed by atoms with Gasteiger partial charge in [0.05, 0.1) is 0 Å². The van der Waals surface area contributed by atoms with Crippen molar-refractivity contribution in [2.24, 2.45) is 22.7 Å². The molecule has 0 N–H and O–H groups in total. The number of ketones is 1. The van der Waals surface area contributed by atoms with Crippen LogP contribution >= 0.6 is 0 Å². The minimum absolute atomic E-state index is 0.340. The van der Waals surface area contributed by atoms with E-state index in [4.69, 9.17) is 0 Å². The van der Waals surface area contributed by atoms with E-state index in [-0.39, 0.29) is 0 Å². The maximum absolute atomic E-state index is 11.6. The summed E-state index contributed by atoms with van der Waals surface area (Å²) < 4.78 is 0. The summed E-state index contributed by atoms with van der Waals surface area (Å²) >= 11 is 0. The molecule has 1 unspecified atom stereocenters. The molecular formula is C17H28O. The van der Waals surface area contributed by atoms with Gasteiger partial charge in [0.2, 0.25) is 0 Å². The van der Waals surface area contributed by atoms with E-state index in [0.29, 0.717) is 22.5 Å². The van der Waals surface area contributed by atoms with E-state index in [9.17, 15) is 4.79 Å². The second-order valence-electron chi connectivity index (χ2n) is 7.54. The van der Waals surface area contributed by atoms with Crippen molar-refractivity contribution in [3.63, 3.8) is 0 Å². The van der Waals surface area contributed by atoms with Crippen molar-refractivity contribution in [3.05, 3.63) is 11.6 Å². The van der Waals surface area contributed by atoms with Crippen LogP contribution in [-0.2, 0) is 4.79 Å². The van der Waals surface area contributed by atoms with Gasteiger partial charge in [-0.1, -0.05) is 38.8 Å². The molecule has 0 aliphatic heterocycles. The highest BCUT2D eigenvalue weighted by Crippen LogP contribution is 2.60. The second-order valence-corrected chi connectivity index (χ2v) is 7.54. The van der Waals surface area contributed by atoms with Gasteiger partial charge < -0.3 is 4.79 Å². The van der Waals surface area contributed by atoms with Crippen LogP contribution in [0.3, 0.4) is 0 Å². The average molecular weight is 248 g/mol. The topological polar surface area (TPSA) is 17.1 Å². The maximum atomic E-state index is 11.6. The molecule has 2 aliphatic carbocycles. The van der Waals surface area contributed by atoms with Crippen molar-refractivity contribution in [3.8, 4) is 0 Å². The zero-order valence-electron chi connectivity index (χ0n) is 12.7. The Hall–Kier alpha value is -0.590. The SMILES string of the molecule is CC(=O)C[C@H]1C(C)=CCC2C(C)(C)CCC[C@@]21C. The summed E-state index contributed by atoms with van der Waals surface area (Å²) in [6.07, 6.45) is 8.32. The summed E-state index contributed by atoms with van der Waals surface area (Å²) in [5.74, 6) is 1.57. The standard InChI is InChI=1S/C17H28O/c1-12-7-8-15-16(3,4)9-6-10-17(15,5)14(12)11-13(2)18/h7,14-15H,6,8-11H2,1-5H3/t14-,15?,17+/m0/s1. The van der Waals surface area contributed by atoms with Gasteiger partial charge in [-0.05, 0) is 55.8 Å². The van der Waals surface area contributed by atoms with E-state index >= 15 is 0 Å². The lowest BCUT2D eigenvalue weighted by Crippen LogP contribution is -2.48. The number of allylic oxidation sites excluding steroid dienone is 2. The number of carbonyl (C=O) groups excluding carboxylic acids is 1. The monoisotopic (exact) mass is 248 g/mol. The highest BCUT2D eigenvalue weighted by molar-refractivity contribution is 5.76. The van der Waals surface area contributed by atoms with E-state index in [1.165, 1.54) is 31.3 Å². The van der Waals surface area contributed by atoms with Crippen molar-refractivity contribution in [2.75, 3.05) is 0 Å². The van der Waals surface area contributed by atoms with E-state index in [0.717, 1.165) is 12.3 Å². The molecule has 2 rings (SSSR count). The van der Waals surface area contributed by atoms with E-state index in [1.54, 1.807) is 6.92 Å². The lowest BCUT2D eigenvalue weighted by molar-refractivity contribution is -0.120. The summed E-state index contributed by atoms with van der Waals surface area (Å²) in [7, 11) is 0. The smallest absolute Gasteiger partial charge is 0.130 e. The molecule has 1 heteroatoms. The zero-order valence-corrected chi connectivity index (χ0v) is 12.7. The van der Waals surface area contributed by atoms with Gasteiger partial charge in [0.25, 0.3) is 0 Å². The Labute approximate surface area is 112 Å². The fourth-order valence-corrected chi connectivity index (χ4v) is 4.82. The number of Topliss-reactive ketones (excluding diaryl/α,β-unsaturated/α-hetero) is 1. The van der Waals surface area contributed by atoms with Crippen LogP contribution in [0.4, 0.5) is 0 Å². The molecule has 0 spiro atoms. The number of hydrogen-bond acceptors (Lipinski definition) is 1. The summed E-state index contributed by atoms with van der Waals surface area (Å²) in [5.41, 5.74) is 2.23. The van der Waals surface area contributed by atoms with Crippen molar-refractivity contribution in [1.82, 2.24) is 0 Å². The molecule has 0 amide bonds. The van der Waals surface area contributed by atoms with Gasteiger partial charge >= 0.3 is 0 Å². The zero-order chi connectivity index (χ0) is 13.6. The molecule has 18 heavy (non-hydrogen) atoms. The van der Waals surface area contributed by atoms with Crippen LogP contribution in [0.25, 0.3) is 0 Å². The Morgan fingerprint density at radius 1 is 1.33 bits per heavy atom. The van der Waals surface area contributed by atoms with Crippen molar-refractivity contribution in [1.29, 1.82) is 0 Å². The number of rotatable bonds is 2. The van der Waals surface area contributed by atoms with Crippen molar-refractivity contribution >= 4 is 5.78 Å². The average Bonchev–Trinajstić information content (AvgIpc) is 2.22. The molecule has 0 aromatic carbocycles. The van der Waals surface area contributed by atoms with Gasteiger partial charge in [-0.15, -0.1) is 0 Å². The van der Waals surface area contributed by atoms with Gasteiger partial charge in [-0.3, -0.25) is 0 Å². The minimum Gasteiger partial charge on any atom is -0.300 e. The molecule has 0 bridgehead atoms. The van der Waals surface area contributed by atoms with Crippen LogP contribution in [0.1, 0.15) is 66.7 Å². The Bertz CT molecular complexity index is 377. The normalized spacial score (nSPS) is 38.8. The number of carbonyl (C=O) groups is 1. The molecule has 1 fully saturated rings. The molecule has 0 aromatic heterocycles. The fourth-order valence-electron chi connectivity index (χ4n) is 4.82. The van der Waals surface area contributed by atoms with Crippen LogP contribution in [0.15, 0.2) is 11.6 Å². The lowest BCUT2D eigenvalue weighted by atomic mass is 9.48. The van der Waals surface area contributed by atoms with Crippen LogP contribution in [-0.4, -0.2) is 5.78 Å². The first-order chi connectivity index (χ1) is 8.27. The van der Waals surface area contributed by atoms with Gasteiger partial charge in [-0.2, -0.15) is 0 Å². The van der Waals surface area contributed by atoms with E-state index in [1.807, 2.05) is 0 Å². The highest BCUT2D eigenvalue weighted by Gasteiger charge is 2.51. The number of hydrogen-bond donors (Lipinski definition) is 0. The Balaban J connectivity index is 2.37.